The van der Waals surface area contributed by atoms with Gasteiger partial charge in [0.1, 0.15) is 24.7 Å². The molecule has 1 aromatic heterocycles. The lowest BCUT2D eigenvalue weighted by molar-refractivity contribution is -0.385. The zero-order valence-electron chi connectivity index (χ0n) is 12.5. The number of amides is 1. The summed E-state index contributed by atoms with van der Waals surface area (Å²) in [5.41, 5.74) is -0.335. The van der Waals surface area contributed by atoms with Gasteiger partial charge in [-0.15, -0.1) is 0 Å². The molecule has 1 aromatic carbocycles. The molecule has 10 nitrogen and oxygen atoms in total. The molecular weight excluding hydrogens is 340 g/mol. The Hall–Kier alpha value is -2.95. The van der Waals surface area contributed by atoms with Crippen molar-refractivity contribution in [3.05, 3.63) is 40.7 Å². The molecule has 0 atom stereocenters. The first-order chi connectivity index (χ1) is 11.2. The molecule has 0 saturated carbocycles. The Morgan fingerprint density at radius 3 is 2.75 bits per heavy atom. The number of sulfone groups is 1. The number of rotatable bonds is 6. The van der Waals surface area contributed by atoms with Crippen molar-refractivity contribution in [3.63, 3.8) is 0 Å². The van der Waals surface area contributed by atoms with Crippen LogP contribution in [0.1, 0.15) is 6.92 Å². The quantitative estimate of drug-likeness (QED) is 0.446. The summed E-state index contributed by atoms with van der Waals surface area (Å²) in [6.45, 7) is 1.14. The number of phenolic OH excluding ortho intramolecular Hbond substituents is 1. The molecule has 0 aliphatic rings. The molecule has 0 unspecified atom stereocenters. The highest BCUT2D eigenvalue weighted by molar-refractivity contribution is 7.91. The van der Waals surface area contributed by atoms with Gasteiger partial charge in [0.2, 0.25) is 5.91 Å². The van der Waals surface area contributed by atoms with Gasteiger partial charge in [-0.1, -0.05) is 6.92 Å². The van der Waals surface area contributed by atoms with Gasteiger partial charge in [-0.25, -0.2) is 8.42 Å². The summed E-state index contributed by atoms with van der Waals surface area (Å²) < 4.78 is 24.7. The Morgan fingerprint density at radius 1 is 1.46 bits per heavy atom. The second-order valence-corrected chi connectivity index (χ2v) is 7.06. The zero-order valence-corrected chi connectivity index (χ0v) is 13.4. The number of hydrogen-bond donors (Lipinski definition) is 2. The number of carbonyl (C=O) groups is 1. The number of hydrogen-bond acceptors (Lipinski definition) is 7. The molecule has 0 aliphatic carbocycles. The van der Waals surface area contributed by atoms with Crippen LogP contribution in [0.25, 0.3) is 0 Å². The molecule has 2 aromatic rings. The summed E-state index contributed by atoms with van der Waals surface area (Å²) in [7, 11) is -3.49. The lowest BCUT2D eigenvalue weighted by Crippen LogP contribution is -2.19. The highest BCUT2D eigenvalue weighted by atomic mass is 32.2. The standard InChI is InChI=1S/C13H14N4O6S/c1-2-24(22,23)10-3-4-12(18)11(5-10)15-13(19)8-16-7-9(6-14-16)17(20)21/h3-7,18H,2,8H2,1H3,(H,15,19). The van der Waals surface area contributed by atoms with Crippen LogP contribution >= 0.6 is 0 Å². The van der Waals surface area contributed by atoms with Crippen LogP contribution in [-0.4, -0.2) is 39.9 Å². The van der Waals surface area contributed by atoms with E-state index in [1.165, 1.54) is 13.0 Å². The third kappa shape index (κ3) is 3.87. The monoisotopic (exact) mass is 354 g/mol. The van der Waals surface area contributed by atoms with E-state index in [4.69, 9.17) is 0 Å². The van der Waals surface area contributed by atoms with Gasteiger partial charge in [0.25, 0.3) is 0 Å². The van der Waals surface area contributed by atoms with Crippen LogP contribution in [0.15, 0.2) is 35.5 Å². The maximum atomic E-state index is 11.9. The third-order valence-electron chi connectivity index (χ3n) is 3.12. The van der Waals surface area contributed by atoms with Crippen LogP contribution in [0.2, 0.25) is 0 Å². The first-order valence-electron chi connectivity index (χ1n) is 6.75. The minimum Gasteiger partial charge on any atom is -0.506 e. The number of phenols is 1. The highest BCUT2D eigenvalue weighted by Gasteiger charge is 2.16. The van der Waals surface area contributed by atoms with E-state index in [-0.39, 0.29) is 34.3 Å². The fourth-order valence-corrected chi connectivity index (χ4v) is 2.75. The number of benzene rings is 1. The van der Waals surface area contributed by atoms with Gasteiger partial charge >= 0.3 is 5.69 Å². The van der Waals surface area contributed by atoms with E-state index in [2.05, 4.69) is 10.4 Å². The van der Waals surface area contributed by atoms with E-state index >= 15 is 0 Å². The summed E-state index contributed by atoms with van der Waals surface area (Å²) >= 11 is 0. The molecule has 1 amide bonds. The summed E-state index contributed by atoms with van der Waals surface area (Å²) in [6, 6.07) is 3.55. The van der Waals surface area contributed by atoms with Crippen LogP contribution in [0, 0.1) is 10.1 Å². The molecule has 128 valence electrons. The van der Waals surface area contributed by atoms with Crippen molar-refractivity contribution in [3.8, 4) is 5.75 Å². The average molecular weight is 354 g/mol. The summed E-state index contributed by atoms with van der Waals surface area (Å²) in [5.74, 6) is -1.05. The minimum absolute atomic E-state index is 0.0344. The number of aromatic hydroxyl groups is 1. The fourth-order valence-electron chi connectivity index (χ4n) is 1.85. The molecule has 11 heteroatoms. The van der Waals surface area contributed by atoms with Crippen molar-refractivity contribution < 1.29 is 23.2 Å². The molecule has 0 aliphatic heterocycles. The van der Waals surface area contributed by atoms with Gasteiger partial charge in [0, 0.05) is 0 Å². The van der Waals surface area contributed by atoms with Crippen molar-refractivity contribution in [1.82, 2.24) is 9.78 Å². The van der Waals surface area contributed by atoms with Crippen molar-refractivity contribution >= 4 is 27.1 Å². The van der Waals surface area contributed by atoms with Gasteiger partial charge < -0.3 is 10.4 Å². The van der Waals surface area contributed by atoms with Crippen LogP contribution in [-0.2, 0) is 21.2 Å². The molecule has 0 fully saturated rings. The van der Waals surface area contributed by atoms with Crippen LogP contribution < -0.4 is 5.32 Å². The van der Waals surface area contributed by atoms with E-state index < -0.39 is 20.7 Å². The fraction of sp³-hybridized carbons (Fsp3) is 0.231. The maximum absolute atomic E-state index is 11.9. The lowest BCUT2D eigenvalue weighted by Gasteiger charge is -2.09. The molecule has 2 rings (SSSR count). The Morgan fingerprint density at radius 2 is 2.17 bits per heavy atom. The van der Waals surface area contributed by atoms with Gasteiger partial charge in [-0.2, -0.15) is 5.10 Å². The van der Waals surface area contributed by atoms with Gasteiger partial charge in [-0.3, -0.25) is 19.6 Å². The van der Waals surface area contributed by atoms with Gasteiger partial charge in [0.05, 0.1) is 21.3 Å². The molecule has 0 bridgehead atoms. The second kappa shape index (κ2) is 6.66. The third-order valence-corrected chi connectivity index (χ3v) is 4.85. The predicted molar refractivity (Wildman–Crippen MR) is 83.3 cm³/mol. The summed E-state index contributed by atoms with van der Waals surface area (Å²) in [5, 5.41) is 26.3. The lowest BCUT2D eigenvalue weighted by atomic mass is 10.3. The normalized spacial score (nSPS) is 11.2. The van der Waals surface area contributed by atoms with E-state index in [1.807, 2.05) is 0 Å². The predicted octanol–water partition coefficient (Wildman–Crippen LogP) is 0.929. The highest BCUT2D eigenvalue weighted by Crippen LogP contribution is 2.27. The zero-order chi connectivity index (χ0) is 17.9. The Kier molecular flexibility index (Phi) is 4.83. The van der Waals surface area contributed by atoms with E-state index in [9.17, 15) is 28.4 Å². The number of nitrogens with one attached hydrogen (secondary N) is 1. The molecule has 24 heavy (non-hydrogen) atoms. The van der Waals surface area contributed by atoms with Crippen molar-refractivity contribution in [2.75, 3.05) is 11.1 Å². The first kappa shape index (κ1) is 17.4. The largest absolute Gasteiger partial charge is 0.506 e. The molecule has 0 radical (unpaired) electrons. The van der Waals surface area contributed by atoms with Crippen molar-refractivity contribution in [1.29, 1.82) is 0 Å². The Bertz CT molecular complexity index is 890. The van der Waals surface area contributed by atoms with Crippen LogP contribution in [0.3, 0.4) is 0 Å². The molecule has 0 saturated heterocycles. The number of nitro groups is 1. The number of nitrogens with zero attached hydrogens (tertiary/aromatic N) is 3. The Labute approximate surface area is 136 Å². The van der Waals surface area contributed by atoms with Crippen molar-refractivity contribution in [2.45, 2.75) is 18.4 Å². The molecule has 0 spiro atoms. The first-order valence-corrected chi connectivity index (χ1v) is 8.40. The van der Waals surface area contributed by atoms with E-state index in [0.717, 1.165) is 29.2 Å². The van der Waals surface area contributed by atoms with E-state index in [0.29, 0.717) is 0 Å². The van der Waals surface area contributed by atoms with Crippen molar-refractivity contribution in [2.24, 2.45) is 0 Å². The van der Waals surface area contributed by atoms with Gasteiger partial charge in [0.15, 0.2) is 9.84 Å². The van der Waals surface area contributed by atoms with E-state index in [1.54, 1.807) is 0 Å². The van der Waals surface area contributed by atoms with Gasteiger partial charge in [-0.05, 0) is 18.2 Å². The maximum Gasteiger partial charge on any atom is 0.307 e. The molecular formula is C13H14N4O6S. The topological polar surface area (TPSA) is 144 Å². The van der Waals surface area contributed by atoms with Crippen LogP contribution in [0.4, 0.5) is 11.4 Å². The number of anilines is 1. The summed E-state index contributed by atoms with van der Waals surface area (Å²) in [4.78, 5) is 21.8. The molecule has 1 heterocycles. The summed E-state index contributed by atoms with van der Waals surface area (Å²) in [6.07, 6.45) is 2.08. The molecule has 2 N–H and O–H groups in total. The second-order valence-electron chi connectivity index (χ2n) is 4.78. The Balaban J connectivity index is 2.16. The number of aromatic nitrogens is 2. The number of carbonyl (C=O) groups excluding carboxylic acids is 1. The smallest absolute Gasteiger partial charge is 0.307 e. The average Bonchev–Trinajstić information content (AvgIpc) is 2.98. The minimum atomic E-state index is -3.49. The van der Waals surface area contributed by atoms with Crippen LogP contribution in [0.5, 0.6) is 5.75 Å². The SMILES string of the molecule is CCS(=O)(=O)c1ccc(O)c(NC(=O)Cn2cc([N+](=O)[O-])cn2)c1.